The molecule has 0 spiro atoms. The maximum atomic E-state index is 6.33. The zero-order chi connectivity index (χ0) is 15.0. The van der Waals surface area contributed by atoms with Crippen LogP contribution in [0.25, 0.3) is 22.3 Å². The van der Waals surface area contributed by atoms with Gasteiger partial charge >= 0.3 is 0 Å². The molecule has 106 valence electrons. The maximum Gasteiger partial charge on any atom is 0.165 e. The SMILES string of the molecule is COc1ccccc1-c1nc(Cl)c2c(C)ccc(Cl)c2n1. The van der Waals surface area contributed by atoms with Crippen LogP contribution in [0.2, 0.25) is 10.2 Å². The fraction of sp³-hybridized carbons (Fsp3) is 0.125. The molecule has 0 atom stereocenters. The molecule has 1 aromatic heterocycles. The summed E-state index contributed by atoms with van der Waals surface area (Å²) in [6, 6.07) is 11.3. The first-order valence-electron chi connectivity index (χ1n) is 6.37. The van der Waals surface area contributed by atoms with Crippen LogP contribution in [0, 0.1) is 6.92 Å². The fourth-order valence-electron chi connectivity index (χ4n) is 2.27. The molecule has 0 unspecified atom stereocenters. The number of benzene rings is 2. The molecule has 3 aromatic rings. The molecule has 21 heavy (non-hydrogen) atoms. The molecule has 5 heteroatoms. The third kappa shape index (κ3) is 2.43. The topological polar surface area (TPSA) is 35.0 Å². The van der Waals surface area contributed by atoms with Crippen molar-refractivity contribution < 1.29 is 4.74 Å². The minimum atomic E-state index is 0.390. The molecular formula is C16H12Cl2N2O. The lowest BCUT2D eigenvalue weighted by atomic mass is 10.1. The van der Waals surface area contributed by atoms with Gasteiger partial charge < -0.3 is 4.74 Å². The summed E-state index contributed by atoms with van der Waals surface area (Å²) >= 11 is 12.6. The normalized spacial score (nSPS) is 10.9. The molecule has 0 radical (unpaired) electrons. The van der Waals surface area contributed by atoms with Gasteiger partial charge in [0, 0.05) is 5.39 Å². The highest BCUT2D eigenvalue weighted by atomic mass is 35.5. The lowest BCUT2D eigenvalue weighted by molar-refractivity contribution is 0.416. The second kappa shape index (κ2) is 5.51. The van der Waals surface area contributed by atoms with Gasteiger partial charge in [-0.3, -0.25) is 0 Å². The standard InChI is InChI=1S/C16H12Cl2N2O/c1-9-7-8-11(17)14-13(9)15(18)20-16(19-14)10-5-3-4-6-12(10)21-2/h3-8H,1-2H3. The van der Waals surface area contributed by atoms with Gasteiger partial charge in [-0.25, -0.2) is 9.97 Å². The molecule has 2 aromatic carbocycles. The Morgan fingerprint density at radius 2 is 1.76 bits per heavy atom. The first kappa shape index (κ1) is 14.1. The van der Waals surface area contributed by atoms with E-state index in [-0.39, 0.29) is 0 Å². The van der Waals surface area contributed by atoms with Crippen LogP contribution in [-0.2, 0) is 0 Å². The Balaban J connectivity index is 2.33. The first-order chi connectivity index (χ1) is 10.1. The summed E-state index contributed by atoms with van der Waals surface area (Å²) in [7, 11) is 1.61. The largest absolute Gasteiger partial charge is 0.496 e. The van der Waals surface area contributed by atoms with Crippen molar-refractivity contribution in [2.45, 2.75) is 6.92 Å². The van der Waals surface area contributed by atoms with E-state index in [1.54, 1.807) is 7.11 Å². The molecular weight excluding hydrogens is 307 g/mol. The molecule has 0 aliphatic heterocycles. The molecule has 0 aliphatic rings. The zero-order valence-corrected chi connectivity index (χ0v) is 13.0. The van der Waals surface area contributed by atoms with Crippen LogP contribution in [0.4, 0.5) is 0 Å². The van der Waals surface area contributed by atoms with E-state index in [0.29, 0.717) is 27.3 Å². The van der Waals surface area contributed by atoms with Gasteiger partial charge in [-0.05, 0) is 30.7 Å². The number of halogens is 2. The van der Waals surface area contributed by atoms with Crippen LogP contribution in [0.1, 0.15) is 5.56 Å². The Hall–Kier alpha value is -1.84. The smallest absolute Gasteiger partial charge is 0.165 e. The van der Waals surface area contributed by atoms with Crippen molar-refractivity contribution in [3.63, 3.8) is 0 Å². The summed E-state index contributed by atoms with van der Waals surface area (Å²) in [5.74, 6) is 1.19. The third-order valence-corrected chi connectivity index (χ3v) is 3.89. The van der Waals surface area contributed by atoms with Gasteiger partial charge in [0.05, 0.1) is 23.2 Å². The molecule has 0 bridgehead atoms. The molecule has 3 nitrogen and oxygen atoms in total. The van der Waals surface area contributed by atoms with Gasteiger partial charge in [0.1, 0.15) is 10.9 Å². The minimum absolute atomic E-state index is 0.390. The van der Waals surface area contributed by atoms with Crippen molar-refractivity contribution in [1.82, 2.24) is 9.97 Å². The summed E-state index contributed by atoms with van der Waals surface area (Å²) in [5.41, 5.74) is 2.42. The van der Waals surface area contributed by atoms with Crippen LogP contribution < -0.4 is 4.74 Å². The lowest BCUT2D eigenvalue weighted by Crippen LogP contribution is -1.96. The molecule has 0 saturated carbocycles. The van der Waals surface area contributed by atoms with Crippen molar-refractivity contribution >= 4 is 34.1 Å². The third-order valence-electron chi connectivity index (χ3n) is 3.31. The molecule has 0 saturated heterocycles. The summed E-state index contributed by atoms with van der Waals surface area (Å²) in [6.45, 7) is 1.96. The molecule has 0 N–H and O–H groups in total. The van der Waals surface area contributed by atoms with Gasteiger partial charge in [-0.2, -0.15) is 0 Å². The van der Waals surface area contributed by atoms with Crippen molar-refractivity contribution in [3.05, 3.63) is 52.1 Å². The Morgan fingerprint density at radius 1 is 1.00 bits per heavy atom. The zero-order valence-electron chi connectivity index (χ0n) is 11.5. The van der Waals surface area contributed by atoms with E-state index >= 15 is 0 Å². The number of ether oxygens (including phenoxy) is 1. The van der Waals surface area contributed by atoms with Gasteiger partial charge in [0.15, 0.2) is 5.82 Å². The van der Waals surface area contributed by atoms with Crippen molar-refractivity contribution in [1.29, 1.82) is 0 Å². The molecule has 3 rings (SSSR count). The number of aryl methyl sites for hydroxylation is 1. The van der Waals surface area contributed by atoms with E-state index in [1.807, 2.05) is 43.3 Å². The number of methoxy groups -OCH3 is 1. The van der Waals surface area contributed by atoms with E-state index in [1.165, 1.54) is 0 Å². The van der Waals surface area contributed by atoms with E-state index in [0.717, 1.165) is 16.5 Å². The Labute approximate surface area is 132 Å². The summed E-state index contributed by atoms with van der Waals surface area (Å²) in [6.07, 6.45) is 0. The Bertz CT molecular complexity index is 834. The van der Waals surface area contributed by atoms with E-state index in [4.69, 9.17) is 27.9 Å². The molecule has 1 heterocycles. The average molecular weight is 319 g/mol. The van der Waals surface area contributed by atoms with Gasteiger partial charge in [0.2, 0.25) is 0 Å². The van der Waals surface area contributed by atoms with E-state index < -0.39 is 0 Å². The van der Waals surface area contributed by atoms with Crippen molar-refractivity contribution in [2.75, 3.05) is 7.11 Å². The van der Waals surface area contributed by atoms with Gasteiger partial charge in [-0.1, -0.05) is 41.4 Å². The Morgan fingerprint density at radius 3 is 2.52 bits per heavy atom. The summed E-state index contributed by atoms with van der Waals surface area (Å²) in [5, 5.41) is 1.72. The van der Waals surface area contributed by atoms with Gasteiger partial charge in [-0.15, -0.1) is 0 Å². The summed E-state index contributed by atoms with van der Waals surface area (Å²) < 4.78 is 5.35. The average Bonchev–Trinajstić information content (AvgIpc) is 2.50. The summed E-state index contributed by atoms with van der Waals surface area (Å²) in [4.78, 5) is 8.97. The maximum absolute atomic E-state index is 6.33. The van der Waals surface area contributed by atoms with Crippen LogP contribution in [-0.4, -0.2) is 17.1 Å². The van der Waals surface area contributed by atoms with E-state index in [9.17, 15) is 0 Å². The van der Waals surface area contributed by atoms with Crippen LogP contribution in [0.3, 0.4) is 0 Å². The highest BCUT2D eigenvalue weighted by Gasteiger charge is 2.14. The highest BCUT2D eigenvalue weighted by Crippen LogP contribution is 2.34. The van der Waals surface area contributed by atoms with Crippen LogP contribution in [0.15, 0.2) is 36.4 Å². The van der Waals surface area contributed by atoms with Crippen LogP contribution in [0.5, 0.6) is 5.75 Å². The monoisotopic (exact) mass is 318 g/mol. The predicted octanol–water partition coefficient (Wildman–Crippen LogP) is 4.92. The fourth-order valence-corrected chi connectivity index (χ4v) is 2.78. The quantitative estimate of drug-likeness (QED) is 0.629. The number of hydrogen-bond donors (Lipinski definition) is 0. The predicted molar refractivity (Wildman–Crippen MR) is 86.3 cm³/mol. The first-order valence-corrected chi connectivity index (χ1v) is 7.13. The second-order valence-electron chi connectivity index (χ2n) is 4.63. The highest BCUT2D eigenvalue weighted by molar-refractivity contribution is 6.38. The van der Waals surface area contributed by atoms with Gasteiger partial charge in [0.25, 0.3) is 0 Å². The lowest BCUT2D eigenvalue weighted by Gasteiger charge is -2.10. The number of fused-ring (bicyclic) bond motifs is 1. The molecule has 0 amide bonds. The number of para-hydroxylation sites is 1. The number of aromatic nitrogens is 2. The van der Waals surface area contributed by atoms with Crippen molar-refractivity contribution in [3.8, 4) is 17.1 Å². The molecule has 0 fully saturated rings. The van der Waals surface area contributed by atoms with Crippen molar-refractivity contribution in [2.24, 2.45) is 0 Å². The number of rotatable bonds is 2. The minimum Gasteiger partial charge on any atom is -0.496 e. The Kier molecular flexibility index (Phi) is 3.70. The second-order valence-corrected chi connectivity index (χ2v) is 5.39. The molecule has 0 aliphatic carbocycles. The number of nitrogens with zero attached hydrogens (tertiary/aromatic N) is 2. The van der Waals surface area contributed by atoms with Crippen LogP contribution >= 0.6 is 23.2 Å². The van der Waals surface area contributed by atoms with E-state index in [2.05, 4.69) is 9.97 Å². The number of hydrogen-bond acceptors (Lipinski definition) is 3.